The van der Waals surface area contributed by atoms with E-state index in [0.29, 0.717) is 17.8 Å². The largest absolute Gasteiger partial charge is 0.481 e. The van der Waals surface area contributed by atoms with Crippen molar-refractivity contribution < 1.29 is 20.1 Å². The first-order chi connectivity index (χ1) is 7.90. The van der Waals surface area contributed by atoms with Crippen molar-refractivity contribution in [1.29, 1.82) is 0 Å². The van der Waals surface area contributed by atoms with Crippen molar-refractivity contribution in [1.82, 2.24) is 0 Å². The van der Waals surface area contributed by atoms with Gasteiger partial charge in [-0.25, -0.2) is 0 Å². The Labute approximate surface area is 101 Å². The molecule has 4 nitrogen and oxygen atoms in total. The first-order valence-electron chi connectivity index (χ1n) is 6.57. The summed E-state index contributed by atoms with van der Waals surface area (Å²) in [6, 6.07) is 0. The second-order valence-electron chi connectivity index (χ2n) is 6.59. The van der Waals surface area contributed by atoms with E-state index in [1.807, 2.05) is 0 Å². The maximum Gasteiger partial charge on any atom is 0.308 e. The third-order valence-corrected chi connectivity index (χ3v) is 5.29. The summed E-state index contributed by atoms with van der Waals surface area (Å²) >= 11 is 0. The molecule has 0 spiro atoms. The Hall–Kier alpha value is -0.610. The number of aliphatic hydroxyl groups is 2. The van der Waals surface area contributed by atoms with Gasteiger partial charge in [0.05, 0.1) is 6.42 Å². The number of hydrogen-bond acceptors (Lipinski definition) is 3. The molecule has 4 aliphatic carbocycles. The van der Waals surface area contributed by atoms with Crippen molar-refractivity contribution in [2.75, 3.05) is 0 Å². The Balaban J connectivity index is 1.88. The van der Waals surface area contributed by atoms with Gasteiger partial charge in [0.15, 0.2) is 5.79 Å². The number of aliphatic carboxylic acids is 1. The SMILES string of the molecule is O=C(O)CC(O)(O)C12CC3CC(CC(C3)C1)C2. The lowest BCUT2D eigenvalue weighted by molar-refractivity contribution is -0.288. The molecule has 4 rings (SSSR count). The molecule has 4 fully saturated rings. The van der Waals surface area contributed by atoms with E-state index in [1.165, 1.54) is 19.3 Å². The van der Waals surface area contributed by atoms with Gasteiger partial charge in [0, 0.05) is 5.41 Å². The van der Waals surface area contributed by atoms with E-state index in [4.69, 9.17) is 5.11 Å². The van der Waals surface area contributed by atoms with Crippen molar-refractivity contribution in [3.8, 4) is 0 Å². The minimum atomic E-state index is -2.02. The van der Waals surface area contributed by atoms with Crippen molar-refractivity contribution >= 4 is 5.97 Å². The van der Waals surface area contributed by atoms with Crippen LogP contribution in [0.15, 0.2) is 0 Å². The molecule has 0 radical (unpaired) electrons. The van der Waals surface area contributed by atoms with Crippen LogP contribution in [0.5, 0.6) is 0 Å². The zero-order chi connectivity index (χ0) is 12.3. The zero-order valence-corrected chi connectivity index (χ0v) is 9.93. The number of rotatable bonds is 3. The molecule has 0 aromatic heterocycles. The summed E-state index contributed by atoms with van der Waals surface area (Å²) in [6.07, 6.45) is 5.50. The maximum atomic E-state index is 10.8. The smallest absolute Gasteiger partial charge is 0.308 e. The van der Waals surface area contributed by atoms with Crippen LogP contribution in [0.2, 0.25) is 0 Å². The van der Waals surface area contributed by atoms with Crippen molar-refractivity contribution in [3.63, 3.8) is 0 Å². The van der Waals surface area contributed by atoms with Gasteiger partial charge in [-0.3, -0.25) is 4.79 Å². The van der Waals surface area contributed by atoms with E-state index in [2.05, 4.69) is 0 Å². The van der Waals surface area contributed by atoms with E-state index in [9.17, 15) is 15.0 Å². The van der Waals surface area contributed by atoms with Crippen LogP contribution in [-0.4, -0.2) is 27.1 Å². The van der Waals surface area contributed by atoms with Gasteiger partial charge >= 0.3 is 5.97 Å². The highest BCUT2D eigenvalue weighted by Crippen LogP contribution is 2.63. The summed E-state index contributed by atoms with van der Waals surface area (Å²) in [6.45, 7) is 0. The molecule has 0 aliphatic heterocycles. The summed E-state index contributed by atoms with van der Waals surface area (Å²) < 4.78 is 0. The molecule has 0 aromatic rings. The lowest BCUT2D eigenvalue weighted by Crippen LogP contribution is -2.59. The quantitative estimate of drug-likeness (QED) is 0.651. The molecule has 0 amide bonds. The fourth-order valence-electron chi connectivity index (χ4n) is 5.00. The average molecular weight is 240 g/mol. The molecule has 0 unspecified atom stereocenters. The summed E-state index contributed by atoms with van der Waals surface area (Å²) in [5.74, 6) is -1.36. The van der Waals surface area contributed by atoms with E-state index in [1.54, 1.807) is 0 Å². The zero-order valence-electron chi connectivity index (χ0n) is 9.93. The van der Waals surface area contributed by atoms with E-state index < -0.39 is 23.6 Å². The van der Waals surface area contributed by atoms with E-state index >= 15 is 0 Å². The highest BCUT2D eigenvalue weighted by Gasteiger charge is 2.60. The maximum absolute atomic E-state index is 10.8. The van der Waals surface area contributed by atoms with Crippen molar-refractivity contribution in [3.05, 3.63) is 0 Å². The van der Waals surface area contributed by atoms with Crippen LogP contribution in [-0.2, 0) is 4.79 Å². The molecule has 0 aromatic carbocycles. The van der Waals surface area contributed by atoms with Crippen LogP contribution in [0.3, 0.4) is 0 Å². The number of carboxylic acids is 1. The number of hydrogen-bond donors (Lipinski definition) is 3. The van der Waals surface area contributed by atoms with E-state index in [0.717, 1.165) is 19.3 Å². The third kappa shape index (κ3) is 1.69. The van der Waals surface area contributed by atoms with Gasteiger partial charge < -0.3 is 15.3 Å². The first-order valence-corrected chi connectivity index (χ1v) is 6.57. The molecule has 3 N–H and O–H groups in total. The average Bonchev–Trinajstić information content (AvgIpc) is 2.12. The lowest BCUT2D eigenvalue weighted by Gasteiger charge is -2.60. The predicted molar refractivity (Wildman–Crippen MR) is 60.0 cm³/mol. The third-order valence-electron chi connectivity index (χ3n) is 5.29. The topological polar surface area (TPSA) is 77.8 Å². The van der Waals surface area contributed by atoms with Gasteiger partial charge in [-0.1, -0.05) is 0 Å². The van der Waals surface area contributed by atoms with E-state index in [-0.39, 0.29) is 0 Å². The Bertz CT molecular complexity index is 312. The highest BCUT2D eigenvalue weighted by molar-refractivity contribution is 5.68. The van der Waals surface area contributed by atoms with Crippen LogP contribution in [0.4, 0.5) is 0 Å². The Kier molecular flexibility index (Phi) is 2.33. The van der Waals surface area contributed by atoms with Gasteiger partial charge in [-0.2, -0.15) is 0 Å². The normalized spacial score (nSPS) is 44.0. The Morgan fingerprint density at radius 2 is 1.47 bits per heavy atom. The van der Waals surface area contributed by atoms with Crippen LogP contribution < -0.4 is 0 Å². The number of carboxylic acid groups (broad SMARTS) is 1. The molecular formula is C13H20O4. The van der Waals surface area contributed by atoms with Crippen LogP contribution in [0, 0.1) is 23.2 Å². The van der Waals surface area contributed by atoms with Gasteiger partial charge in [0.25, 0.3) is 0 Å². The van der Waals surface area contributed by atoms with Crippen molar-refractivity contribution in [2.24, 2.45) is 23.2 Å². The molecular weight excluding hydrogens is 220 g/mol. The second-order valence-corrected chi connectivity index (χ2v) is 6.59. The number of carbonyl (C=O) groups is 1. The minimum absolute atomic E-state index is 0.542. The highest BCUT2D eigenvalue weighted by atomic mass is 16.5. The van der Waals surface area contributed by atoms with Crippen molar-refractivity contribution in [2.45, 2.75) is 50.7 Å². The van der Waals surface area contributed by atoms with Crippen LogP contribution >= 0.6 is 0 Å². The van der Waals surface area contributed by atoms with Crippen LogP contribution in [0.25, 0.3) is 0 Å². The Morgan fingerprint density at radius 3 is 1.82 bits per heavy atom. The summed E-state index contributed by atoms with van der Waals surface area (Å²) in [5.41, 5.74) is -0.542. The summed E-state index contributed by atoms with van der Waals surface area (Å²) in [4.78, 5) is 10.8. The Morgan fingerprint density at radius 1 is 1.06 bits per heavy atom. The fourth-order valence-corrected chi connectivity index (χ4v) is 5.00. The minimum Gasteiger partial charge on any atom is -0.481 e. The standard InChI is InChI=1S/C13H20O4/c14-11(15)7-13(16,17)12-4-8-1-9(5-12)3-10(2-8)6-12/h8-10,16-17H,1-7H2,(H,14,15). The monoisotopic (exact) mass is 240 g/mol. The molecule has 96 valence electrons. The van der Waals surface area contributed by atoms with Crippen LogP contribution in [0.1, 0.15) is 44.9 Å². The van der Waals surface area contributed by atoms with Gasteiger partial charge in [-0.05, 0) is 56.3 Å². The molecule has 17 heavy (non-hydrogen) atoms. The lowest BCUT2D eigenvalue weighted by atomic mass is 9.47. The summed E-state index contributed by atoms with van der Waals surface area (Å²) in [7, 11) is 0. The molecule has 4 saturated carbocycles. The van der Waals surface area contributed by atoms with Gasteiger partial charge in [0.2, 0.25) is 0 Å². The molecule has 4 heteroatoms. The fraction of sp³-hybridized carbons (Fsp3) is 0.923. The molecule has 0 saturated heterocycles. The molecule has 4 aliphatic rings. The molecule has 0 atom stereocenters. The summed E-state index contributed by atoms with van der Waals surface area (Å²) in [5, 5.41) is 29.3. The van der Waals surface area contributed by atoms with Gasteiger partial charge in [-0.15, -0.1) is 0 Å². The van der Waals surface area contributed by atoms with Gasteiger partial charge in [0.1, 0.15) is 0 Å². The molecule has 0 heterocycles. The predicted octanol–water partition coefficient (Wildman–Crippen LogP) is 1.36. The first kappa shape index (κ1) is 11.5. The molecule has 4 bridgehead atoms. The second kappa shape index (κ2) is 3.45.